The highest BCUT2D eigenvalue weighted by Crippen LogP contribution is 2.36. The van der Waals surface area contributed by atoms with Crippen LogP contribution in [0.1, 0.15) is 38.3 Å². The van der Waals surface area contributed by atoms with Gasteiger partial charge in [0.2, 0.25) is 5.82 Å². The summed E-state index contributed by atoms with van der Waals surface area (Å²) >= 11 is 0. The Hall–Kier alpha value is -1.63. The summed E-state index contributed by atoms with van der Waals surface area (Å²) < 4.78 is 1.63. The summed E-state index contributed by atoms with van der Waals surface area (Å²) in [6.45, 7) is 7.17. The summed E-state index contributed by atoms with van der Waals surface area (Å²) in [5.41, 5.74) is 0.704. The zero-order valence-electron chi connectivity index (χ0n) is 12.9. The van der Waals surface area contributed by atoms with Gasteiger partial charge in [0.1, 0.15) is 5.69 Å². The molecule has 1 N–H and O–H groups in total. The van der Waals surface area contributed by atoms with Crippen LogP contribution in [0.5, 0.6) is 0 Å². The average molecular weight is 293 g/mol. The summed E-state index contributed by atoms with van der Waals surface area (Å²) in [5.74, 6) is 1.22. The van der Waals surface area contributed by atoms with E-state index in [9.17, 15) is 10.1 Å². The van der Waals surface area contributed by atoms with E-state index in [-0.39, 0.29) is 16.5 Å². The number of rotatable bonds is 4. The molecular weight excluding hydrogens is 270 g/mol. The van der Waals surface area contributed by atoms with Crippen molar-refractivity contribution in [2.45, 2.75) is 38.6 Å². The molecule has 0 aromatic carbocycles. The largest absolute Gasteiger partial charge is 0.360 e. The van der Waals surface area contributed by atoms with Crippen molar-refractivity contribution in [3.8, 4) is 0 Å². The van der Waals surface area contributed by atoms with Crippen molar-refractivity contribution in [2.75, 3.05) is 25.0 Å². The van der Waals surface area contributed by atoms with Gasteiger partial charge in [0.15, 0.2) is 0 Å². The summed E-state index contributed by atoms with van der Waals surface area (Å²) in [5, 5.41) is 19.2. The van der Waals surface area contributed by atoms with E-state index in [2.05, 4.69) is 15.3 Å². The van der Waals surface area contributed by atoms with E-state index in [1.807, 2.05) is 13.8 Å². The maximum absolute atomic E-state index is 11.5. The molecule has 1 aromatic heterocycles. The fraction of sp³-hybridized carbons (Fsp3) is 0.786. The molecule has 1 unspecified atom stereocenters. The van der Waals surface area contributed by atoms with Gasteiger partial charge >= 0.3 is 5.69 Å². The number of anilines is 1. The molecule has 4 heterocycles. The predicted octanol–water partition coefficient (Wildman–Crippen LogP) is 1.96. The molecule has 0 aliphatic carbocycles. The quantitative estimate of drug-likeness (QED) is 0.678. The van der Waals surface area contributed by atoms with Gasteiger partial charge in [0, 0.05) is 25.6 Å². The van der Waals surface area contributed by atoms with E-state index < -0.39 is 0 Å². The van der Waals surface area contributed by atoms with Gasteiger partial charge in [-0.2, -0.15) is 5.10 Å². The standard InChI is InChI=1S/C14H23N5O2/c1-9(2)12-13(19(20)21)14(17(3)16-12)15-11-8-18-6-4-10(11)5-7-18/h9-11,15H,4-8H2,1-3H3. The number of piperidine rings is 3. The second-order valence-corrected chi connectivity index (χ2v) is 6.51. The molecular formula is C14H23N5O2. The van der Waals surface area contributed by atoms with E-state index in [1.54, 1.807) is 11.7 Å². The smallest absolute Gasteiger partial charge is 0.334 e. The monoisotopic (exact) mass is 293 g/mol. The lowest BCUT2D eigenvalue weighted by molar-refractivity contribution is -0.384. The van der Waals surface area contributed by atoms with Crippen LogP contribution in [0.4, 0.5) is 11.5 Å². The molecule has 0 amide bonds. The normalized spacial score (nSPS) is 28.1. The number of nitrogens with zero attached hydrogens (tertiary/aromatic N) is 4. The molecule has 0 radical (unpaired) electrons. The third-order valence-electron chi connectivity index (χ3n) is 4.76. The summed E-state index contributed by atoms with van der Waals surface area (Å²) in [7, 11) is 1.78. The van der Waals surface area contributed by atoms with Crippen LogP contribution in [0, 0.1) is 16.0 Å². The van der Waals surface area contributed by atoms with E-state index in [1.165, 1.54) is 12.8 Å². The Kier molecular flexibility index (Phi) is 3.61. The number of aromatic nitrogens is 2. The van der Waals surface area contributed by atoms with Crippen molar-refractivity contribution >= 4 is 11.5 Å². The minimum absolute atomic E-state index is 0.0405. The van der Waals surface area contributed by atoms with Crippen LogP contribution in [-0.2, 0) is 7.05 Å². The van der Waals surface area contributed by atoms with Crippen LogP contribution >= 0.6 is 0 Å². The Balaban J connectivity index is 1.89. The highest BCUT2D eigenvalue weighted by molar-refractivity contribution is 5.61. The van der Waals surface area contributed by atoms with E-state index >= 15 is 0 Å². The van der Waals surface area contributed by atoms with Gasteiger partial charge in [-0.25, -0.2) is 4.68 Å². The molecule has 3 fully saturated rings. The minimum atomic E-state index is -0.300. The Bertz CT molecular complexity index is 546. The first kappa shape index (κ1) is 14.3. The third-order valence-corrected chi connectivity index (χ3v) is 4.76. The first-order chi connectivity index (χ1) is 9.97. The van der Waals surface area contributed by atoms with Gasteiger partial charge in [0.25, 0.3) is 0 Å². The molecule has 1 aromatic rings. The SMILES string of the molecule is CC(C)c1nn(C)c(NC2CN3CCC2CC3)c1[N+](=O)[O-]. The van der Waals surface area contributed by atoms with E-state index in [0.29, 0.717) is 23.5 Å². The predicted molar refractivity (Wildman–Crippen MR) is 80.5 cm³/mol. The zero-order chi connectivity index (χ0) is 15.1. The maximum Gasteiger partial charge on any atom is 0.334 e. The van der Waals surface area contributed by atoms with Crippen LogP contribution in [-0.4, -0.2) is 45.3 Å². The Morgan fingerprint density at radius 3 is 2.52 bits per heavy atom. The number of nitro groups is 1. The fourth-order valence-corrected chi connectivity index (χ4v) is 3.57. The van der Waals surface area contributed by atoms with Gasteiger partial charge in [-0.3, -0.25) is 10.1 Å². The molecule has 0 saturated carbocycles. The van der Waals surface area contributed by atoms with Crippen LogP contribution in [0.3, 0.4) is 0 Å². The van der Waals surface area contributed by atoms with Crippen molar-refractivity contribution in [1.82, 2.24) is 14.7 Å². The molecule has 1 atom stereocenters. The summed E-state index contributed by atoms with van der Waals surface area (Å²) in [6, 6.07) is 0.293. The van der Waals surface area contributed by atoms with Gasteiger partial charge in [-0.05, 0) is 31.8 Å². The molecule has 116 valence electrons. The van der Waals surface area contributed by atoms with E-state index in [0.717, 1.165) is 19.6 Å². The molecule has 3 aliphatic rings. The van der Waals surface area contributed by atoms with Crippen LogP contribution < -0.4 is 5.32 Å². The van der Waals surface area contributed by atoms with E-state index in [4.69, 9.17) is 0 Å². The number of hydrogen-bond acceptors (Lipinski definition) is 5. The minimum Gasteiger partial charge on any atom is -0.360 e. The van der Waals surface area contributed by atoms with Crippen molar-refractivity contribution in [3.63, 3.8) is 0 Å². The Labute approximate surface area is 124 Å². The van der Waals surface area contributed by atoms with Crippen molar-refractivity contribution in [3.05, 3.63) is 15.8 Å². The molecule has 4 rings (SSSR count). The number of hydrogen-bond donors (Lipinski definition) is 1. The fourth-order valence-electron chi connectivity index (χ4n) is 3.57. The van der Waals surface area contributed by atoms with Gasteiger partial charge in [-0.1, -0.05) is 13.8 Å². The molecule has 0 spiro atoms. The van der Waals surface area contributed by atoms with Crippen molar-refractivity contribution in [1.29, 1.82) is 0 Å². The number of aryl methyl sites for hydroxylation is 1. The van der Waals surface area contributed by atoms with Gasteiger partial charge in [0.05, 0.1) is 4.92 Å². The molecule has 7 nitrogen and oxygen atoms in total. The third kappa shape index (κ3) is 2.50. The highest BCUT2D eigenvalue weighted by Gasteiger charge is 2.37. The number of nitrogens with one attached hydrogen (secondary N) is 1. The van der Waals surface area contributed by atoms with Crippen LogP contribution in [0.2, 0.25) is 0 Å². The van der Waals surface area contributed by atoms with Crippen molar-refractivity contribution in [2.24, 2.45) is 13.0 Å². The first-order valence-electron chi connectivity index (χ1n) is 7.67. The van der Waals surface area contributed by atoms with Crippen LogP contribution in [0.25, 0.3) is 0 Å². The lowest BCUT2D eigenvalue weighted by Crippen LogP contribution is -2.53. The number of fused-ring (bicyclic) bond motifs is 3. The molecule has 3 saturated heterocycles. The van der Waals surface area contributed by atoms with Gasteiger partial charge < -0.3 is 10.2 Å². The lowest BCUT2D eigenvalue weighted by Gasteiger charge is -2.45. The van der Waals surface area contributed by atoms with Crippen LogP contribution in [0.15, 0.2) is 0 Å². The first-order valence-corrected chi connectivity index (χ1v) is 7.67. The molecule has 3 aliphatic heterocycles. The second-order valence-electron chi connectivity index (χ2n) is 6.51. The molecule has 2 bridgehead atoms. The van der Waals surface area contributed by atoms with Gasteiger partial charge in [-0.15, -0.1) is 0 Å². The summed E-state index contributed by atoms with van der Waals surface area (Å²) in [4.78, 5) is 13.6. The zero-order valence-corrected chi connectivity index (χ0v) is 12.9. The molecule has 7 heteroatoms. The Morgan fingerprint density at radius 1 is 1.38 bits per heavy atom. The Morgan fingerprint density at radius 2 is 2.05 bits per heavy atom. The summed E-state index contributed by atoms with van der Waals surface area (Å²) in [6.07, 6.45) is 2.36. The van der Waals surface area contributed by atoms with Crippen molar-refractivity contribution < 1.29 is 4.92 Å². The topological polar surface area (TPSA) is 76.2 Å². The average Bonchev–Trinajstić information content (AvgIpc) is 2.78. The lowest BCUT2D eigenvalue weighted by atomic mass is 9.84. The highest BCUT2D eigenvalue weighted by atomic mass is 16.6. The maximum atomic E-state index is 11.5. The molecule has 21 heavy (non-hydrogen) atoms. The second kappa shape index (κ2) is 5.29.